The Kier molecular flexibility index (Phi) is 6.21. The number of hydrogen-bond donors (Lipinski definition) is 1. The van der Waals surface area contributed by atoms with Crippen LogP contribution < -0.4 is 15.6 Å². The standard InChI is InChI=1S/C23H20Br2N4O3/c1-13-19(23(31)29(28(13)3)15-8-5-4-6-9-15)27-22(30)14(2)32-21-18(25)12-17(24)16-10-7-11-26-20(16)21/h4-12,14H,1-3H3,(H,27,30). The van der Waals surface area contributed by atoms with Crippen LogP contribution in [0.4, 0.5) is 5.69 Å². The summed E-state index contributed by atoms with van der Waals surface area (Å²) in [5.74, 6) is 0.0211. The van der Waals surface area contributed by atoms with Crippen molar-refractivity contribution in [1.29, 1.82) is 0 Å². The fourth-order valence-corrected chi connectivity index (χ4v) is 4.79. The minimum Gasteiger partial charge on any atom is -0.477 e. The zero-order valence-corrected chi connectivity index (χ0v) is 20.8. The summed E-state index contributed by atoms with van der Waals surface area (Å²) in [7, 11) is 1.77. The van der Waals surface area contributed by atoms with Gasteiger partial charge in [0.15, 0.2) is 11.9 Å². The Morgan fingerprint density at radius 1 is 1.12 bits per heavy atom. The Bertz CT molecular complexity index is 1380. The minimum atomic E-state index is -0.873. The third kappa shape index (κ3) is 3.98. The van der Waals surface area contributed by atoms with Gasteiger partial charge in [-0.05, 0) is 54.0 Å². The molecule has 1 amide bonds. The first-order valence-electron chi connectivity index (χ1n) is 9.84. The third-order valence-corrected chi connectivity index (χ3v) is 6.46. The number of halogens is 2. The molecule has 7 nitrogen and oxygen atoms in total. The van der Waals surface area contributed by atoms with Crippen LogP contribution >= 0.6 is 31.9 Å². The highest BCUT2D eigenvalue weighted by molar-refractivity contribution is 9.11. The molecule has 1 unspecified atom stereocenters. The Balaban J connectivity index is 1.63. The number of carbonyl (C=O) groups excluding carboxylic acids is 1. The molecule has 0 saturated heterocycles. The summed E-state index contributed by atoms with van der Waals surface area (Å²) >= 11 is 7.01. The van der Waals surface area contributed by atoms with Gasteiger partial charge in [0, 0.05) is 23.1 Å². The Morgan fingerprint density at radius 3 is 2.56 bits per heavy atom. The Labute approximate surface area is 201 Å². The normalized spacial score (nSPS) is 12.0. The van der Waals surface area contributed by atoms with E-state index < -0.39 is 12.0 Å². The molecule has 1 atom stereocenters. The molecule has 0 aliphatic rings. The predicted molar refractivity (Wildman–Crippen MR) is 132 cm³/mol. The third-order valence-electron chi connectivity index (χ3n) is 5.22. The molecule has 4 rings (SSSR count). The SMILES string of the molecule is Cc1c(NC(=O)C(C)Oc2c(Br)cc(Br)c3cccnc23)c(=O)n(-c2ccccc2)n1C. The summed E-state index contributed by atoms with van der Waals surface area (Å²) in [4.78, 5) is 30.4. The molecule has 0 fully saturated rings. The van der Waals surface area contributed by atoms with Crippen LogP contribution in [0.25, 0.3) is 16.6 Å². The molecule has 1 N–H and O–H groups in total. The van der Waals surface area contributed by atoms with Crippen molar-refractivity contribution < 1.29 is 9.53 Å². The van der Waals surface area contributed by atoms with Gasteiger partial charge in [-0.3, -0.25) is 19.3 Å². The second-order valence-electron chi connectivity index (χ2n) is 7.25. The molecule has 164 valence electrons. The summed E-state index contributed by atoms with van der Waals surface area (Å²) < 4.78 is 10.7. The molecule has 0 bridgehead atoms. The van der Waals surface area contributed by atoms with Crippen LogP contribution in [-0.4, -0.2) is 26.4 Å². The van der Waals surface area contributed by atoms with Crippen LogP contribution in [0.1, 0.15) is 12.6 Å². The van der Waals surface area contributed by atoms with Gasteiger partial charge in [0.2, 0.25) is 0 Å². The van der Waals surface area contributed by atoms with Crippen molar-refractivity contribution in [2.75, 3.05) is 5.32 Å². The van der Waals surface area contributed by atoms with E-state index in [2.05, 4.69) is 42.2 Å². The Morgan fingerprint density at radius 2 is 1.84 bits per heavy atom. The number of pyridine rings is 1. The van der Waals surface area contributed by atoms with Crippen LogP contribution in [-0.2, 0) is 11.8 Å². The Hall–Kier alpha value is -2.91. The average molecular weight is 560 g/mol. The lowest BCUT2D eigenvalue weighted by molar-refractivity contribution is -0.122. The maximum Gasteiger partial charge on any atom is 0.295 e. The van der Waals surface area contributed by atoms with E-state index >= 15 is 0 Å². The summed E-state index contributed by atoms with van der Waals surface area (Å²) in [5.41, 5.74) is 1.87. The van der Waals surface area contributed by atoms with E-state index in [9.17, 15) is 9.59 Å². The maximum absolute atomic E-state index is 13.1. The number of benzene rings is 2. The van der Waals surface area contributed by atoms with Gasteiger partial charge in [-0.1, -0.05) is 40.2 Å². The summed E-state index contributed by atoms with van der Waals surface area (Å²) in [6.07, 6.45) is 0.792. The largest absolute Gasteiger partial charge is 0.477 e. The number of hydrogen-bond acceptors (Lipinski definition) is 4. The van der Waals surface area contributed by atoms with E-state index in [1.807, 2.05) is 48.5 Å². The van der Waals surface area contributed by atoms with E-state index in [4.69, 9.17) is 4.74 Å². The zero-order valence-electron chi connectivity index (χ0n) is 17.6. The molecule has 2 aromatic carbocycles. The first-order chi connectivity index (χ1) is 15.3. The molecule has 0 spiro atoms. The van der Waals surface area contributed by atoms with E-state index in [0.29, 0.717) is 27.1 Å². The molecule has 9 heteroatoms. The van der Waals surface area contributed by atoms with Crippen LogP contribution in [0.5, 0.6) is 5.75 Å². The summed E-state index contributed by atoms with van der Waals surface area (Å²) in [6, 6.07) is 14.9. The number of para-hydroxylation sites is 1. The smallest absolute Gasteiger partial charge is 0.295 e. The molecule has 0 radical (unpaired) electrons. The van der Waals surface area contributed by atoms with Gasteiger partial charge in [0.1, 0.15) is 11.2 Å². The summed E-state index contributed by atoms with van der Waals surface area (Å²) in [5, 5.41) is 3.61. The fourth-order valence-electron chi connectivity index (χ4n) is 3.43. The highest BCUT2D eigenvalue weighted by Gasteiger charge is 2.23. The molecule has 0 saturated carbocycles. The number of anilines is 1. The van der Waals surface area contributed by atoms with Crippen LogP contribution in [0.3, 0.4) is 0 Å². The van der Waals surface area contributed by atoms with Crippen molar-refractivity contribution in [2.45, 2.75) is 20.0 Å². The fraction of sp³-hybridized carbons (Fsp3) is 0.174. The maximum atomic E-state index is 13.1. The number of aromatic nitrogens is 3. The van der Waals surface area contributed by atoms with Crippen molar-refractivity contribution >= 4 is 54.4 Å². The van der Waals surface area contributed by atoms with Crippen LogP contribution in [0.15, 0.2) is 68.5 Å². The number of fused-ring (bicyclic) bond motifs is 1. The first kappa shape index (κ1) is 22.3. The molecule has 2 heterocycles. The predicted octanol–water partition coefficient (Wildman–Crippen LogP) is 4.96. The lowest BCUT2D eigenvalue weighted by Crippen LogP contribution is -2.32. The topological polar surface area (TPSA) is 78.2 Å². The number of ether oxygens (including phenoxy) is 1. The van der Waals surface area contributed by atoms with Crippen molar-refractivity contribution in [2.24, 2.45) is 7.05 Å². The lowest BCUT2D eigenvalue weighted by Gasteiger charge is -2.17. The molecule has 4 aromatic rings. The van der Waals surface area contributed by atoms with Gasteiger partial charge in [-0.15, -0.1) is 0 Å². The number of nitrogens with zero attached hydrogens (tertiary/aromatic N) is 3. The van der Waals surface area contributed by atoms with Crippen LogP contribution in [0, 0.1) is 6.92 Å². The molecule has 2 aromatic heterocycles. The number of amides is 1. The van der Waals surface area contributed by atoms with E-state index in [-0.39, 0.29) is 11.2 Å². The molecule has 0 aliphatic carbocycles. The second kappa shape index (κ2) is 8.91. The first-order valence-corrected chi connectivity index (χ1v) is 11.4. The van der Waals surface area contributed by atoms with E-state index in [0.717, 1.165) is 9.86 Å². The minimum absolute atomic E-state index is 0.217. The quantitative estimate of drug-likeness (QED) is 0.375. The zero-order chi connectivity index (χ0) is 23.0. The molecular weight excluding hydrogens is 540 g/mol. The van der Waals surface area contributed by atoms with Crippen molar-refractivity contribution in [3.8, 4) is 11.4 Å². The van der Waals surface area contributed by atoms with Gasteiger partial charge in [0.25, 0.3) is 11.5 Å². The number of nitrogens with one attached hydrogen (secondary N) is 1. The number of rotatable bonds is 5. The molecular formula is C23H20Br2N4O3. The second-order valence-corrected chi connectivity index (χ2v) is 8.96. The van der Waals surface area contributed by atoms with E-state index in [1.165, 1.54) is 4.68 Å². The highest BCUT2D eigenvalue weighted by Crippen LogP contribution is 2.37. The molecule has 32 heavy (non-hydrogen) atoms. The van der Waals surface area contributed by atoms with Gasteiger partial charge in [0.05, 0.1) is 15.9 Å². The van der Waals surface area contributed by atoms with Crippen LogP contribution in [0.2, 0.25) is 0 Å². The lowest BCUT2D eigenvalue weighted by atomic mass is 10.2. The monoisotopic (exact) mass is 558 g/mol. The van der Waals surface area contributed by atoms with Crippen molar-refractivity contribution in [1.82, 2.24) is 14.3 Å². The van der Waals surface area contributed by atoms with Crippen molar-refractivity contribution in [3.05, 3.63) is 79.7 Å². The molecule has 0 aliphatic heterocycles. The van der Waals surface area contributed by atoms with Gasteiger partial charge in [-0.25, -0.2) is 4.68 Å². The van der Waals surface area contributed by atoms with Gasteiger partial charge < -0.3 is 10.1 Å². The van der Waals surface area contributed by atoms with Gasteiger partial charge in [-0.2, -0.15) is 0 Å². The van der Waals surface area contributed by atoms with Crippen molar-refractivity contribution in [3.63, 3.8) is 0 Å². The summed E-state index contributed by atoms with van der Waals surface area (Å²) in [6.45, 7) is 3.41. The number of carbonyl (C=O) groups is 1. The van der Waals surface area contributed by atoms with E-state index in [1.54, 1.807) is 31.8 Å². The highest BCUT2D eigenvalue weighted by atomic mass is 79.9. The van der Waals surface area contributed by atoms with Gasteiger partial charge >= 0.3 is 0 Å². The average Bonchev–Trinajstić information content (AvgIpc) is 3.00.